The Balaban J connectivity index is 1.99. The van der Waals surface area contributed by atoms with Crippen molar-refractivity contribution in [2.75, 3.05) is 19.8 Å². The summed E-state index contributed by atoms with van der Waals surface area (Å²) >= 11 is 0. The van der Waals surface area contributed by atoms with Gasteiger partial charge in [-0.25, -0.2) is 9.48 Å². The zero-order valence-corrected chi connectivity index (χ0v) is 23.4. The summed E-state index contributed by atoms with van der Waals surface area (Å²) in [4.78, 5) is 31.4. The molecule has 0 fully saturated rings. The highest BCUT2D eigenvalue weighted by atomic mass is 16.5. The second kappa shape index (κ2) is 12.1. The molecule has 2 atom stereocenters. The molecule has 0 spiro atoms. The first-order valence-electron chi connectivity index (χ1n) is 13.3. The Morgan fingerprint density at radius 2 is 1.64 bits per heavy atom. The van der Waals surface area contributed by atoms with Crippen LogP contribution in [0, 0.1) is 12.8 Å². The number of nitrogens with zero attached hydrogens (tertiary/aromatic N) is 3. The number of aromatic nitrogens is 2. The third-order valence-corrected chi connectivity index (χ3v) is 6.71. The van der Waals surface area contributed by atoms with Gasteiger partial charge in [-0.05, 0) is 77.4 Å². The minimum absolute atomic E-state index is 0.198. The minimum Gasteiger partial charge on any atom is -0.494 e. The summed E-state index contributed by atoms with van der Waals surface area (Å²) in [5.74, 6) is -1.69. The molecule has 0 aliphatic carbocycles. The summed E-state index contributed by atoms with van der Waals surface area (Å²) in [5.41, 5.74) is 5.41. The molecule has 2 heterocycles. The Kier molecular flexibility index (Phi) is 8.64. The van der Waals surface area contributed by atoms with E-state index in [9.17, 15) is 9.59 Å². The standard InChI is InChI=1S/C31H35N3O5/c1-7-37-25-16-15-22(17-19(25)4)29-24(18-34(33-29)23-13-11-10-12-14-23)28-26(30(35)38-8-2)20(5)32-21(6)27(28)31(36)39-9-3/h10-18,26,28H,7-9H2,1-6H3/t26?,28-/m1/s1. The number of rotatable bonds is 9. The minimum atomic E-state index is -0.816. The molecule has 4 rings (SSSR count). The van der Waals surface area contributed by atoms with E-state index in [0.29, 0.717) is 34.8 Å². The van der Waals surface area contributed by atoms with Gasteiger partial charge in [0.1, 0.15) is 11.7 Å². The van der Waals surface area contributed by atoms with Gasteiger partial charge in [-0.1, -0.05) is 18.2 Å². The van der Waals surface area contributed by atoms with Crippen molar-refractivity contribution in [3.05, 3.63) is 77.1 Å². The number of esters is 2. The van der Waals surface area contributed by atoms with Crippen LogP contribution in [0.5, 0.6) is 5.75 Å². The van der Waals surface area contributed by atoms with Crippen molar-refractivity contribution in [3.8, 4) is 22.7 Å². The van der Waals surface area contributed by atoms with Crippen molar-refractivity contribution in [2.45, 2.75) is 47.5 Å². The number of benzene rings is 2. The molecule has 204 valence electrons. The molecule has 1 aliphatic rings. The lowest BCUT2D eigenvalue weighted by Crippen LogP contribution is -2.36. The summed E-state index contributed by atoms with van der Waals surface area (Å²) in [6.45, 7) is 12.0. The van der Waals surface area contributed by atoms with Crippen LogP contribution in [0.1, 0.15) is 51.7 Å². The number of hydrogen-bond acceptors (Lipinski definition) is 7. The van der Waals surface area contributed by atoms with Crippen molar-refractivity contribution in [2.24, 2.45) is 10.9 Å². The number of carbonyl (C=O) groups excluding carboxylic acids is 2. The predicted octanol–water partition coefficient (Wildman–Crippen LogP) is 5.82. The normalized spacial score (nSPS) is 17.0. The largest absolute Gasteiger partial charge is 0.494 e. The number of aliphatic imine (C=N–C) groups is 1. The second-order valence-electron chi connectivity index (χ2n) is 9.31. The Labute approximate surface area is 229 Å². The molecule has 0 saturated carbocycles. The summed E-state index contributed by atoms with van der Waals surface area (Å²) in [5, 5.41) is 4.98. The lowest BCUT2D eigenvalue weighted by Gasteiger charge is -2.31. The van der Waals surface area contributed by atoms with Gasteiger partial charge in [0, 0.05) is 34.7 Å². The van der Waals surface area contributed by atoms with E-state index in [2.05, 4.69) is 4.99 Å². The van der Waals surface area contributed by atoms with E-state index in [0.717, 1.165) is 22.6 Å². The number of allylic oxidation sites excluding steroid dienone is 1. The van der Waals surface area contributed by atoms with Crippen LogP contribution < -0.4 is 4.74 Å². The Bertz CT molecular complexity index is 1420. The van der Waals surface area contributed by atoms with Gasteiger partial charge in [-0.15, -0.1) is 0 Å². The van der Waals surface area contributed by atoms with Crippen LogP contribution in [0.3, 0.4) is 0 Å². The lowest BCUT2D eigenvalue weighted by molar-refractivity contribution is -0.146. The molecule has 1 aromatic heterocycles. The van der Waals surface area contributed by atoms with Crippen molar-refractivity contribution in [1.82, 2.24) is 9.78 Å². The average Bonchev–Trinajstić information content (AvgIpc) is 3.35. The number of carbonyl (C=O) groups is 2. The Hall–Kier alpha value is -4.20. The molecular weight excluding hydrogens is 494 g/mol. The van der Waals surface area contributed by atoms with Crippen LogP contribution in [0.25, 0.3) is 16.9 Å². The van der Waals surface area contributed by atoms with Gasteiger partial charge in [-0.2, -0.15) is 5.10 Å². The SMILES string of the molecule is CCOC(=O)C1=C(C)N=C(C)C(C(=O)OCC)[C@H]1c1cn(-c2ccccc2)nc1-c1ccc(OCC)c(C)c1. The fourth-order valence-electron chi connectivity index (χ4n) is 5.05. The predicted molar refractivity (Wildman–Crippen MR) is 150 cm³/mol. The van der Waals surface area contributed by atoms with E-state index in [4.69, 9.17) is 19.3 Å². The average molecular weight is 530 g/mol. The van der Waals surface area contributed by atoms with Gasteiger partial charge in [0.25, 0.3) is 0 Å². The molecule has 0 radical (unpaired) electrons. The van der Waals surface area contributed by atoms with Gasteiger partial charge in [-0.3, -0.25) is 9.79 Å². The van der Waals surface area contributed by atoms with E-state index < -0.39 is 23.8 Å². The van der Waals surface area contributed by atoms with Gasteiger partial charge in [0.05, 0.1) is 36.8 Å². The fraction of sp³-hybridized carbons (Fsp3) is 0.355. The molecule has 39 heavy (non-hydrogen) atoms. The second-order valence-corrected chi connectivity index (χ2v) is 9.31. The van der Waals surface area contributed by atoms with Crippen molar-refractivity contribution in [1.29, 1.82) is 0 Å². The number of ether oxygens (including phenoxy) is 3. The number of aryl methyl sites for hydroxylation is 1. The van der Waals surface area contributed by atoms with Crippen molar-refractivity contribution in [3.63, 3.8) is 0 Å². The monoisotopic (exact) mass is 529 g/mol. The molecule has 1 unspecified atom stereocenters. The molecule has 0 bridgehead atoms. The van der Waals surface area contributed by atoms with Crippen LogP contribution in [0.15, 0.2) is 71.0 Å². The zero-order chi connectivity index (χ0) is 28.1. The number of para-hydroxylation sites is 1. The van der Waals surface area contributed by atoms with Crippen molar-refractivity contribution >= 4 is 17.7 Å². The van der Waals surface area contributed by atoms with Crippen molar-refractivity contribution < 1.29 is 23.8 Å². The van der Waals surface area contributed by atoms with E-state index in [1.54, 1.807) is 32.4 Å². The van der Waals surface area contributed by atoms with E-state index in [1.807, 2.05) is 68.6 Å². The van der Waals surface area contributed by atoms with Gasteiger partial charge in [0.15, 0.2) is 0 Å². The zero-order valence-electron chi connectivity index (χ0n) is 23.4. The Morgan fingerprint density at radius 3 is 2.28 bits per heavy atom. The van der Waals surface area contributed by atoms with E-state index in [1.165, 1.54) is 0 Å². The fourth-order valence-corrected chi connectivity index (χ4v) is 5.05. The van der Waals surface area contributed by atoms with Crippen LogP contribution in [-0.2, 0) is 19.1 Å². The first-order chi connectivity index (χ1) is 18.8. The van der Waals surface area contributed by atoms with Crippen LogP contribution in [0.4, 0.5) is 0 Å². The third-order valence-electron chi connectivity index (χ3n) is 6.71. The van der Waals surface area contributed by atoms with Gasteiger partial charge < -0.3 is 14.2 Å². The highest BCUT2D eigenvalue weighted by molar-refractivity contribution is 6.07. The molecular formula is C31H35N3O5. The maximum Gasteiger partial charge on any atom is 0.336 e. The van der Waals surface area contributed by atoms with Crippen LogP contribution in [-0.4, -0.2) is 47.3 Å². The highest BCUT2D eigenvalue weighted by Crippen LogP contribution is 2.44. The lowest BCUT2D eigenvalue weighted by atomic mass is 9.75. The summed E-state index contributed by atoms with van der Waals surface area (Å²) in [7, 11) is 0. The molecule has 8 nitrogen and oxygen atoms in total. The molecule has 0 N–H and O–H groups in total. The summed E-state index contributed by atoms with van der Waals surface area (Å²) in [6.07, 6.45) is 1.89. The third kappa shape index (κ3) is 5.65. The van der Waals surface area contributed by atoms with Gasteiger partial charge >= 0.3 is 11.9 Å². The summed E-state index contributed by atoms with van der Waals surface area (Å²) in [6, 6.07) is 15.6. The van der Waals surface area contributed by atoms with E-state index in [-0.39, 0.29) is 13.2 Å². The highest BCUT2D eigenvalue weighted by Gasteiger charge is 2.44. The molecule has 1 aliphatic heterocycles. The molecule has 0 amide bonds. The first-order valence-corrected chi connectivity index (χ1v) is 13.3. The molecule has 0 saturated heterocycles. The molecule has 2 aromatic carbocycles. The van der Waals surface area contributed by atoms with Crippen LogP contribution in [0.2, 0.25) is 0 Å². The summed E-state index contributed by atoms with van der Waals surface area (Å²) < 4.78 is 18.5. The van der Waals surface area contributed by atoms with E-state index >= 15 is 0 Å². The maximum absolute atomic E-state index is 13.4. The number of hydrogen-bond donors (Lipinski definition) is 0. The topological polar surface area (TPSA) is 92.0 Å². The first kappa shape index (κ1) is 27.8. The maximum atomic E-state index is 13.4. The molecule has 3 aromatic rings. The quantitative estimate of drug-likeness (QED) is 0.324. The Morgan fingerprint density at radius 1 is 0.923 bits per heavy atom. The van der Waals surface area contributed by atoms with Crippen LogP contribution >= 0.6 is 0 Å². The smallest absolute Gasteiger partial charge is 0.336 e. The van der Waals surface area contributed by atoms with Gasteiger partial charge in [0.2, 0.25) is 0 Å². The molecule has 8 heteroatoms.